The molecule has 76 valence electrons. The minimum atomic E-state index is -1.30. The second-order valence-corrected chi connectivity index (χ2v) is 3.38. The van der Waals surface area contributed by atoms with Crippen LogP contribution in [-0.2, 0) is 6.54 Å². The van der Waals surface area contributed by atoms with Gasteiger partial charge in [-0.15, -0.1) is 0 Å². The molecule has 2 unspecified atom stereocenters. The molecule has 0 heterocycles. The summed E-state index contributed by atoms with van der Waals surface area (Å²) in [5.41, 5.74) is 0.818. The lowest BCUT2D eigenvalue weighted by molar-refractivity contribution is -1.09. The maximum atomic E-state index is 11.6. The van der Waals surface area contributed by atoms with E-state index in [2.05, 4.69) is 6.58 Å². The van der Waals surface area contributed by atoms with Gasteiger partial charge in [0, 0.05) is 5.56 Å². The van der Waals surface area contributed by atoms with Crippen LogP contribution >= 0.6 is 0 Å². The van der Waals surface area contributed by atoms with E-state index in [-0.39, 0.29) is 6.54 Å². The van der Waals surface area contributed by atoms with Crippen LogP contribution in [0, 0.1) is 5.21 Å². The number of rotatable bonds is 4. The molecule has 14 heavy (non-hydrogen) atoms. The Balaban J connectivity index is 2.73. The Bertz CT molecular complexity index is 295. The van der Waals surface area contributed by atoms with E-state index >= 15 is 0 Å². The molecule has 0 aliphatic rings. The predicted molar refractivity (Wildman–Crippen MR) is 55.2 cm³/mol. The van der Waals surface area contributed by atoms with Gasteiger partial charge in [0.1, 0.15) is 12.6 Å². The van der Waals surface area contributed by atoms with E-state index in [1.165, 1.54) is 6.08 Å². The first-order valence-corrected chi connectivity index (χ1v) is 4.54. The maximum Gasteiger partial charge on any atom is 0.134 e. The van der Waals surface area contributed by atoms with E-state index in [0.29, 0.717) is 0 Å². The van der Waals surface area contributed by atoms with Crippen LogP contribution in [0.4, 0.5) is 0 Å². The molecular weight excluding hydrogens is 178 g/mol. The Labute approximate surface area is 84.0 Å². The van der Waals surface area contributed by atoms with Gasteiger partial charge in [-0.3, -0.25) is 0 Å². The second kappa shape index (κ2) is 4.37. The number of hydrogen-bond donors (Lipinski definition) is 1. The van der Waals surface area contributed by atoms with Crippen LogP contribution in [0.5, 0.6) is 0 Å². The quantitative estimate of drug-likeness (QED) is 0.453. The molecule has 0 spiro atoms. The molecule has 0 aliphatic heterocycles. The Morgan fingerprint density at radius 3 is 2.57 bits per heavy atom. The van der Waals surface area contributed by atoms with Crippen molar-refractivity contribution in [2.45, 2.75) is 19.5 Å². The van der Waals surface area contributed by atoms with Crippen molar-refractivity contribution in [2.75, 3.05) is 0 Å². The molecule has 1 N–H and O–H groups in total. The fourth-order valence-electron chi connectivity index (χ4n) is 1.15. The summed E-state index contributed by atoms with van der Waals surface area (Å²) in [7, 11) is 0. The lowest BCUT2D eigenvalue weighted by Gasteiger charge is -2.37. The first kappa shape index (κ1) is 10.9. The summed E-state index contributed by atoms with van der Waals surface area (Å²) in [6.45, 7) is 5.18. The molecule has 0 fully saturated rings. The van der Waals surface area contributed by atoms with Crippen LogP contribution in [0.1, 0.15) is 12.5 Å². The highest BCUT2D eigenvalue weighted by atomic mass is 16.8. The first-order valence-electron chi connectivity index (χ1n) is 4.54. The minimum Gasteiger partial charge on any atom is -0.598 e. The average Bonchev–Trinajstić information content (AvgIpc) is 2.17. The third-order valence-corrected chi connectivity index (χ3v) is 2.23. The van der Waals surface area contributed by atoms with Crippen molar-refractivity contribution in [3.8, 4) is 0 Å². The van der Waals surface area contributed by atoms with Crippen molar-refractivity contribution in [2.24, 2.45) is 0 Å². The number of hydrogen-bond acceptors (Lipinski definition) is 2. The Morgan fingerprint density at radius 2 is 2.07 bits per heavy atom. The summed E-state index contributed by atoms with van der Waals surface area (Å²) < 4.78 is 0. The molecule has 0 aromatic heterocycles. The number of nitrogens with zero attached hydrogens (tertiary/aromatic N) is 1. The van der Waals surface area contributed by atoms with Crippen molar-refractivity contribution in [3.63, 3.8) is 0 Å². The Kier molecular flexibility index (Phi) is 3.41. The van der Waals surface area contributed by atoms with E-state index in [0.717, 1.165) is 5.56 Å². The lowest BCUT2D eigenvalue weighted by atomic mass is 10.2. The van der Waals surface area contributed by atoms with Crippen LogP contribution in [0.25, 0.3) is 0 Å². The number of quaternary nitrogens is 1. The first-order chi connectivity index (χ1) is 6.56. The molecule has 1 aromatic rings. The predicted octanol–water partition coefficient (Wildman–Crippen LogP) is 2.46. The van der Waals surface area contributed by atoms with Gasteiger partial charge in [-0.25, -0.2) is 10.0 Å². The molecule has 0 saturated carbocycles. The van der Waals surface area contributed by atoms with Crippen LogP contribution in [0.15, 0.2) is 43.0 Å². The van der Waals surface area contributed by atoms with Crippen molar-refractivity contribution < 1.29 is 10.0 Å². The van der Waals surface area contributed by atoms with Crippen LogP contribution in [-0.4, -0.2) is 16.1 Å². The van der Waals surface area contributed by atoms with Crippen molar-refractivity contribution in [1.82, 2.24) is 0 Å². The standard InChI is InChI=1S/C11H15NO2/c1-3-10(2)12(13,14)9-11-7-5-4-6-8-11/h3-8,10,13H,1,9H2,2H3. The topological polar surface area (TPSA) is 43.3 Å². The summed E-state index contributed by atoms with van der Waals surface area (Å²) in [5.74, 6) is 0. The van der Waals surface area contributed by atoms with Gasteiger partial charge in [0.15, 0.2) is 0 Å². The zero-order valence-corrected chi connectivity index (χ0v) is 8.26. The van der Waals surface area contributed by atoms with Gasteiger partial charge in [-0.05, 0) is 13.0 Å². The zero-order chi connectivity index (χ0) is 10.6. The number of benzene rings is 1. The molecule has 3 heteroatoms. The zero-order valence-electron chi connectivity index (χ0n) is 8.26. The molecule has 1 rings (SSSR count). The molecule has 0 radical (unpaired) electrons. The summed E-state index contributed by atoms with van der Waals surface area (Å²) in [4.78, 5) is -1.30. The molecule has 2 atom stereocenters. The maximum absolute atomic E-state index is 11.6. The highest BCUT2D eigenvalue weighted by molar-refractivity contribution is 5.13. The van der Waals surface area contributed by atoms with E-state index in [1.807, 2.05) is 30.3 Å². The third kappa shape index (κ3) is 2.67. The number of hydroxylamine groups is 4. The summed E-state index contributed by atoms with van der Waals surface area (Å²) in [6, 6.07) is 8.67. The van der Waals surface area contributed by atoms with Crippen molar-refractivity contribution in [1.29, 1.82) is 0 Å². The normalized spacial score (nSPS) is 17.1. The van der Waals surface area contributed by atoms with Crippen molar-refractivity contribution in [3.05, 3.63) is 53.8 Å². The van der Waals surface area contributed by atoms with Gasteiger partial charge in [-0.1, -0.05) is 36.9 Å². The Hall–Kier alpha value is -1.16. The average molecular weight is 193 g/mol. The van der Waals surface area contributed by atoms with Crippen LogP contribution in [0.3, 0.4) is 0 Å². The smallest absolute Gasteiger partial charge is 0.134 e. The SMILES string of the molecule is C=CC(C)[N+]([O-])(O)Cc1ccccc1. The van der Waals surface area contributed by atoms with Gasteiger partial charge in [0.2, 0.25) is 0 Å². The van der Waals surface area contributed by atoms with Gasteiger partial charge < -0.3 is 5.21 Å². The largest absolute Gasteiger partial charge is 0.598 e. The monoisotopic (exact) mass is 193 g/mol. The Morgan fingerprint density at radius 1 is 1.50 bits per heavy atom. The highest BCUT2D eigenvalue weighted by Crippen LogP contribution is 2.14. The minimum absolute atomic E-state index is 0.0496. The molecule has 1 aromatic carbocycles. The molecule has 0 amide bonds. The summed E-state index contributed by atoms with van der Waals surface area (Å²) >= 11 is 0. The lowest BCUT2D eigenvalue weighted by Crippen LogP contribution is -2.44. The van der Waals surface area contributed by atoms with E-state index in [1.54, 1.807) is 6.92 Å². The second-order valence-electron chi connectivity index (χ2n) is 3.38. The van der Waals surface area contributed by atoms with E-state index in [9.17, 15) is 10.4 Å². The highest BCUT2D eigenvalue weighted by Gasteiger charge is 2.20. The molecule has 0 bridgehead atoms. The van der Waals surface area contributed by atoms with Crippen molar-refractivity contribution >= 4 is 0 Å². The third-order valence-electron chi connectivity index (χ3n) is 2.23. The van der Waals surface area contributed by atoms with Crippen LogP contribution in [0.2, 0.25) is 0 Å². The summed E-state index contributed by atoms with van der Waals surface area (Å²) in [5, 5.41) is 21.2. The van der Waals surface area contributed by atoms with Gasteiger partial charge >= 0.3 is 0 Å². The molecule has 0 saturated heterocycles. The van der Waals surface area contributed by atoms with E-state index in [4.69, 9.17) is 0 Å². The van der Waals surface area contributed by atoms with Gasteiger partial charge in [-0.2, -0.15) is 0 Å². The van der Waals surface area contributed by atoms with Gasteiger partial charge in [0.25, 0.3) is 0 Å². The molecule has 3 nitrogen and oxygen atoms in total. The molecular formula is C11H15NO2. The van der Waals surface area contributed by atoms with Gasteiger partial charge in [0.05, 0.1) is 0 Å². The fraction of sp³-hybridized carbons (Fsp3) is 0.273. The van der Waals surface area contributed by atoms with E-state index < -0.39 is 10.9 Å². The molecule has 0 aliphatic carbocycles. The van der Waals surface area contributed by atoms with Crippen LogP contribution < -0.4 is 0 Å². The summed E-state index contributed by atoms with van der Waals surface area (Å²) in [6.07, 6.45) is 1.45. The fourth-order valence-corrected chi connectivity index (χ4v) is 1.15.